The van der Waals surface area contributed by atoms with Crippen LogP contribution in [0.2, 0.25) is 0 Å². The molecular weight excluding hydrogens is 210 g/mol. The largest absolute Gasteiger partial charge is 0.385 e. The fraction of sp³-hybridized carbons (Fsp3) is 0.600. The van der Waals surface area contributed by atoms with Crippen molar-refractivity contribution in [3.63, 3.8) is 0 Å². The van der Waals surface area contributed by atoms with Gasteiger partial charge in [0.25, 0.3) is 0 Å². The van der Waals surface area contributed by atoms with E-state index < -0.39 is 5.60 Å². The Kier molecular flexibility index (Phi) is 2.72. The zero-order valence-electron chi connectivity index (χ0n) is 10.2. The van der Waals surface area contributed by atoms with Gasteiger partial charge in [-0.3, -0.25) is 0 Å². The van der Waals surface area contributed by atoms with Crippen LogP contribution in [-0.2, 0) is 5.60 Å². The second-order valence-corrected chi connectivity index (χ2v) is 5.78. The highest BCUT2D eigenvalue weighted by Crippen LogP contribution is 2.40. The van der Waals surface area contributed by atoms with Crippen molar-refractivity contribution in [3.8, 4) is 0 Å². The van der Waals surface area contributed by atoms with Crippen LogP contribution in [0.25, 0.3) is 0 Å². The first-order valence-electron chi connectivity index (χ1n) is 6.76. The van der Waals surface area contributed by atoms with Crippen LogP contribution >= 0.6 is 0 Å². The van der Waals surface area contributed by atoms with E-state index in [2.05, 4.69) is 24.3 Å². The molecule has 0 heterocycles. The van der Waals surface area contributed by atoms with Crippen molar-refractivity contribution in [2.24, 2.45) is 5.73 Å². The SMILES string of the molecule is NC1CCC(O)(c2ccc(C3CCC3)cc2)C1. The Morgan fingerprint density at radius 2 is 1.82 bits per heavy atom. The van der Waals surface area contributed by atoms with Gasteiger partial charge in [0, 0.05) is 6.04 Å². The highest BCUT2D eigenvalue weighted by atomic mass is 16.3. The lowest BCUT2D eigenvalue weighted by molar-refractivity contribution is 0.0431. The fourth-order valence-corrected chi connectivity index (χ4v) is 3.13. The van der Waals surface area contributed by atoms with Crippen LogP contribution in [0.15, 0.2) is 24.3 Å². The van der Waals surface area contributed by atoms with Gasteiger partial charge in [0.2, 0.25) is 0 Å². The molecule has 1 aromatic carbocycles. The summed E-state index contributed by atoms with van der Waals surface area (Å²) < 4.78 is 0. The van der Waals surface area contributed by atoms with Crippen LogP contribution in [0.5, 0.6) is 0 Å². The number of rotatable bonds is 2. The van der Waals surface area contributed by atoms with Crippen LogP contribution < -0.4 is 5.73 Å². The molecule has 0 aliphatic heterocycles. The molecule has 0 amide bonds. The summed E-state index contributed by atoms with van der Waals surface area (Å²) in [5, 5.41) is 10.6. The van der Waals surface area contributed by atoms with Crippen LogP contribution in [0.3, 0.4) is 0 Å². The monoisotopic (exact) mass is 231 g/mol. The fourth-order valence-electron chi connectivity index (χ4n) is 3.13. The van der Waals surface area contributed by atoms with E-state index in [0.717, 1.165) is 24.3 Å². The molecule has 0 saturated heterocycles. The number of nitrogens with two attached hydrogens (primary N) is 1. The summed E-state index contributed by atoms with van der Waals surface area (Å²) in [4.78, 5) is 0. The third-order valence-corrected chi connectivity index (χ3v) is 4.55. The van der Waals surface area contributed by atoms with E-state index in [1.165, 1.54) is 24.8 Å². The third-order valence-electron chi connectivity index (χ3n) is 4.55. The smallest absolute Gasteiger partial charge is 0.0911 e. The van der Waals surface area contributed by atoms with Gasteiger partial charge in [-0.2, -0.15) is 0 Å². The molecule has 2 heteroatoms. The maximum absolute atomic E-state index is 10.6. The second-order valence-electron chi connectivity index (χ2n) is 5.78. The first kappa shape index (κ1) is 11.2. The van der Waals surface area contributed by atoms with Gasteiger partial charge in [-0.05, 0) is 49.1 Å². The normalized spacial score (nSPS) is 33.6. The molecule has 2 saturated carbocycles. The molecule has 3 rings (SSSR count). The minimum atomic E-state index is -0.669. The molecular formula is C15H21NO. The van der Waals surface area contributed by atoms with Crippen molar-refractivity contribution < 1.29 is 5.11 Å². The maximum atomic E-state index is 10.6. The van der Waals surface area contributed by atoms with E-state index in [0.29, 0.717) is 6.42 Å². The molecule has 2 aliphatic carbocycles. The first-order valence-corrected chi connectivity index (χ1v) is 6.76. The highest BCUT2D eigenvalue weighted by Gasteiger charge is 2.37. The molecule has 92 valence electrons. The molecule has 3 N–H and O–H groups in total. The first-order chi connectivity index (χ1) is 8.17. The van der Waals surface area contributed by atoms with Gasteiger partial charge in [0.05, 0.1) is 5.60 Å². The van der Waals surface area contributed by atoms with Gasteiger partial charge in [0.1, 0.15) is 0 Å². The van der Waals surface area contributed by atoms with Gasteiger partial charge in [0.15, 0.2) is 0 Å². The molecule has 2 fully saturated rings. The Balaban J connectivity index is 1.79. The topological polar surface area (TPSA) is 46.2 Å². The van der Waals surface area contributed by atoms with E-state index in [1.807, 2.05) is 0 Å². The van der Waals surface area contributed by atoms with E-state index >= 15 is 0 Å². The Morgan fingerprint density at radius 1 is 1.12 bits per heavy atom. The summed E-state index contributed by atoms with van der Waals surface area (Å²) in [5.41, 5.74) is 7.71. The summed E-state index contributed by atoms with van der Waals surface area (Å²) in [6.45, 7) is 0. The summed E-state index contributed by atoms with van der Waals surface area (Å²) in [7, 11) is 0. The second kappa shape index (κ2) is 4.11. The van der Waals surface area contributed by atoms with Crippen LogP contribution in [0, 0.1) is 0 Å². The number of hydrogen-bond acceptors (Lipinski definition) is 2. The number of hydrogen-bond donors (Lipinski definition) is 2. The summed E-state index contributed by atoms with van der Waals surface area (Å²) in [6.07, 6.45) is 6.46. The number of benzene rings is 1. The van der Waals surface area contributed by atoms with Crippen molar-refractivity contribution >= 4 is 0 Å². The summed E-state index contributed by atoms with van der Waals surface area (Å²) in [5.74, 6) is 0.768. The minimum absolute atomic E-state index is 0.159. The molecule has 2 aliphatic rings. The number of aliphatic hydroxyl groups is 1. The molecule has 2 unspecified atom stereocenters. The van der Waals surface area contributed by atoms with Gasteiger partial charge in [-0.25, -0.2) is 0 Å². The maximum Gasteiger partial charge on any atom is 0.0911 e. The quantitative estimate of drug-likeness (QED) is 0.822. The van der Waals surface area contributed by atoms with Crippen molar-refractivity contribution in [1.29, 1.82) is 0 Å². The highest BCUT2D eigenvalue weighted by molar-refractivity contribution is 5.31. The molecule has 0 bridgehead atoms. The van der Waals surface area contributed by atoms with Crippen LogP contribution in [0.1, 0.15) is 55.6 Å². The van der Waals surface area contributed by atoms with Gasteiger partial charge >= 0.3 is 0 Å². The minimum Gasteiger partial charge on any atom is -0.385 e. The molecule has 0 aromatic heterocycles. The van der Waals surface area contributed by atoms with Gasteiger partial charge in [-0.15, -0.1) is 0 Å². The molecule has 0 spiro atoms. The lowest BCUT2D eigenvalue weighted by Gasteiger charge is -2.27. The standard InChI is InChI=1S/C15H21NO/c16-14-8-9-15(17,10-14)13-6-4-12(5-7-13)11-2-1-3-11/h4-7,11,14,17H,1-3,8-10,16H2. The zero-order chi connectivity index (χ0) is 11.9. The van der Waals surface area contributed by atoms with Gasteiger partial charge in [-0.1, -0.05) is 30.7 Å². The van der Waals surface area contributed by atoms with Crippen molar-refractivity contribution in [3.05, 3.63) is 35.4 Å². The Labute approximate surface area is 103 Å². The summed E-state index contributed by atoms with van der Waals surface area (Å²) >= 11 is 0. The zero-order valence-corrected chi connectivity index (χ0v) is 10.2. The molecule has 2 nitrogen and oxygen atoms in total. The van der Waals surface area contributed by atoms with Gasteiger partial charge < -0.3 is 10.8 Å². The lowest BCUT2D eigenvalue weighted by atomic mass is 9.79. The predicted molar refractivity (Wildman–Crippen MR) is 68.8 cm³/mol. The average Bonchev–Trinajstić information content (AvgIpc) is 2.58. The van der Waals surface area contributed by atoms with E-state index in [1.54, 1.807) is 0 Å². The van der Waals surface area contributed by atoms with Crippen LogP contribution in [0.4, 0.5) is 0 Å². The Hall–Kier alpha value is -0.860. The predicted octanol–water partition coefficient (Wildman–Crippen LogP) is 2.65. The average molecular weight is 231 g/mol. The van der Waals surface area contributed by atoms with E-state index in [4.69, 9.17) is 5.73 Å². The molecule has 17 heavy (non-hydrogen) atoms. The molecule has 0 radical (unpaired) electrons. The van der Waals surface area contributed by atoms with Crippen molar-refractivity contribution in [1.82, 2.24) is 0 Å². The van der Waals surface area contributed by atoms with E-state index in [-0.39, 0.29) is 6.04 Å². The van der Waals surface area contributed by atoms with E-state index in [9.17, 15) is 5.11 Å². The Bertz CT molecular complexity index is 396. The van der Waals surface area contributed by atoms with Crippen molar-refractivity contribution in [2.75, 3.05) is 0 Å². The third kappa shape index (κ3) is 2.00. The van der Waals surface area contributed by atoms with Crippen LogP contribution in [-0.4, -0.2) is 11.1 Å². The lowest BCUT2D eigenvalue weighted by Crippen LogP contribution is -2.25. The summed E-state index contributed by atoms with van der Waals surface area (Å²) in [6, 6.07) is 8.76. The van der Waals surface area contributed by atoms with Crippen molar-refractivity contribution in [2.45, 2.75) is 56.1 Å². The Morgan fingerprint density at radius 3 is 2.29 bits per heavy atom. The molecule has 1 aromatic rings. The molecule has 2 atom stereocenters.